The molecule has 4 aromatic rings. The van der Waals surface area contributed by atoms with E-state index in [1.54, 1.807) is 24.5 Å². The molecule has 10 nitrogen and oxygen atoms in total. The number of hydrogen-bond acceptors (Lipinski definition) is 5. The first-order valence-electron chi connectivity index (χ1n) is 10.7. The number of aryl methyl sites for hydroxylation is 1. The van der Waals surface area contributed by atoms with E-state index < -0.39 is 16.0 Å². The second kappa shape index (κ2) is 9.24. The fourth-order valence-corrected chi connectivity index (χ4v) is 5.89. The van der Waals surface area contributed by atoms with E-state index in [4.69, 9.17) is 5.11 Å². The number of halogens is 1. The van der Waals surface area contributed by atoms with Crippen molar-refractivity contribution in [2.45, 2.75) is 49.6 Å². The Kier molecular flexibility index (Phi) is 6.52. The molecule has 1 aliphatic carbocycles. The van der Waals surface area contributed by atoms with Gasteiger partial charge in [-0.1, -0.05) is 0 Å². The summed E-state index contributed by atoms with van der Waals surface area (Å²) >= 11 is 0. The lowest BCUT2D eigenvalue weighted by atomic mass is 10.0. The molecule has 0 saturated heterocycles. The number of imidazole rings is 1. The summed E-state index contributed by atoms with van der Waals surface area (Å²) in [5.41, 5.74) is 1.99. The Bertz CT molecular complexity index is 1510. The molecule has 34 heavy (non-hydrogen) atoms. The maximum Gasteiger partial charge on any atom is 0.303 e. The molecule has 0 aliphatic heterocycles. The number of fused-ring (bicyclic) bond motifs is 3. The largest absolute Gasteiger partial charge is 0.481 e. The number of hydrogen-bond donors (Lipinski definition) is 4. The highest BCUT2D eigenvalue weighted by Gasteiger charge is 2.38. The van der Waals surface area contributed by atoms with Crippen LogP contribution in [0, 0.1) is 0 Å². The molecule has 1 fully saturated rings. The van der Waals surface area contributed by atoms with Crippen molar-refractivity contribution in [3.05, 3.63) is 58.5 Å². The summed E-state index contributed by atoms with van der Waals surface area (Å²) < 4.78 is 28.7. The van der Waals surface area contributed by atoms with Crippen LogP contribution in [0.15, 0.2) is 46.6 Å². The molecule has 0 spiro atoms. The van der Waals surface area contributed by atoms with Crippen LogP contribution in [0.5, 0.6) is 0 Å². The SMILES string of the molecule is Cl.O=C(O)CCCc1c[nH]c2c(=O)[nH]c3ccc(S(=O)(=O)N(Cc4c[nH]cn4)C4CC4)cc3c12. The van der Waals surface area contributed by atoms with Crippen LogP contribution in [-0.4, -0.2) is 49.8 Å². The summed E-state index contributed by atoms with van der Waals surface area (Å²) in [7, 11) is -3.81. The molecule has 4 N–H and O–H groups in total. The lowest BCUT2D eigenvalue weighted by molar-refractivity contribution is -0.137. The molecule has 180 valence electrons. The van der Waals surface area contributed by atoms with Gasteiger partial charge in [-0.3, -0.25) is 9.59 Å². The standard InChI is InChI=1S/C22H23N5O5S.ClH/c28-19(29)3-1-2-13-9-24-21-20(13)17-8-16(6-7-18(17)26-22(21)30)33(31,32)27(15-4-5-15)11-14-10-23-12-25-14;/h6-10,12,15,24H,1-5,11H2,(H,23,25)(H,26,30)(H,28,29);1H. The molecule has 3 aromatic heterocycles. The number of carboxylic acid groups (broad SMARTS) is 1. The van der Waals surface area contributed by atoms with Crippen LogP contribution in [0.4, 0.5) is 0 Å². The first-order valence-corrected chi connectivity index (χ1v) is 12.2. The first-order chi connectivity index (χ1) is 15.8. The van der Waals surface area contributed by atoms with Gasteiger partial charge in [0, 0.05) is 41.1 Å². The van der Waals surface area contributed by atoms with Crippen LogP contribution >= 0.6 is 12.4 Å². The lowest BCUT2D eigenvalue weighted by Gasteiger charge is -2.21. The average Bonchev–Trinajstić information content (AvgIpc) is 3.29. The van der Waals surface area contributed by atoms with Crippen molar-refractivity contribution >= 4 is 50.2 Å². The fraction of sp³-hybridized carbons (Fsp3) is 0.318. The Balaban J connectivity index is 0.00000274. The topological polar surface area (TPSA) is 152 Å². The maximum absolute atomic E-state index is 13.6. The Morgan fingerprint density at radius 1 is 1.24 bits per heavy atom. The first kappa shape index (κ1) is 24.0. The van der Waals surface area contributed by atoms with Gasteiger partial charge >= 0.3 is 5.97 Å². The molecular weight excluding hydrogens is 482 g/mol. The highest BCUT2D eigenvalue weighted by atomic mass is 35.5. The van der Waals surface area contributed by atoms with E-state index in [1.807, 2.05) is 0 Å². The molecule has 1 aromatic carbocycles. The molecule has 1 aliphatic rings. The number of nitrogens with zero attached hydrogens (tertiary/aromatic N) is 2. The number of aromatic amines is 3. The highest BCUT2D eigenvalue weighted by molar-refractivity contribution is 7.89. The van der Waals surface area contributed by atoms with E-state index in [-0.39, 0.29) is 41.9 Å². The summed E-state index contributed by atoms with van der Waals surface area (Å²) in [6.45, 7) is 0.181. The van der Waals surface area contributed by atoms with Gasteiger partial charge in [0.1, 0.15) is 5.52 Å². The van der Waals surface area contributed by atoms with E-state index in [0.29, 0.717) is 40.3 Å². The van der Waals surface area contributed by atoms with Crippen LogP contribution < -0.4 is 5.56 Å². The Labute approximate surface area is 200 Å². The van der Waals surface area contributed by atoms with E-state index in [0.717, 1.165) is 18.4 Å². The third-order valence-electron chi connectivity index (χ3n) is 5.97. The molecule has 0 radical (unpaired) electrons. The van der Waals surface area contributed by atoms with E-state index in [2.05, 4.69) is 19.9 Å². The maximum atomic E-state index is 13.6. The predicted molar refractivity (Wildman–Crippen MR) is 129 cm³/mol. The van der Waals surface area contributed by atoms with Crippen molar-refractivity contribution in [2.24, 2.45) is 0 Å². The number of H-pyrrole nitrogens is 3. The molecule has 0 amide bonds. The summed E-state index contributed by atoms with van der Waals surface area (Å²) in [6, 6.07) is 4.65. The number of aliphatic carboxylic acids is 1. The van der Waals surface area contributed by atoms with Gasteiger partial charge in [0.15, 0.2) is 0 Å². The fourth-order valence-electron chi connectivity index (χ4n) is 4.21. The number of rotatable bonds is 9. The van der Waals surface area contributed by atoms with Crippen LogP contribution in [0.2, 0.25) is 0 Å². The van der Waals surface area contributed by atoms with Gasteiger partial charge in [-0.15, -0.1) is 12.4 Å². The number of sulfonamides is 1. The van der Waals surface area contributed by atoms with E-state index in [9.17, 15) is 18.0 Å². The minimum Gasteiger partial charge on any atom is -0.481 e. The Hall–Kier alpha value is -3.15. The van der Waals surface area contributed by atoms with Crippen LogP contribution in [0.3, 0.4) is 0 Å². The Morgan fingerprint density at radius 2 is 2.03 bits per heavy atom. The normalized spacial score (nSPS) is 14.0. The van der Waals surface area contributed by atoms with Gasteiger partial charge in [-0.25, -0.2) is 13.4 Å². The van der Waals surface area contributed by atoms with Crippen molar-refractivity contribution in [1.82, 2.24) is 24.2 Å². The zero-order chi connectivity index (χ0) is 23.2. The highest BCUT2D eigenvalue weighted by Crippen LogP contribution is 2.35. The van der Waals surface area contributed by atoms with E-state index >= 15 is 0 Å². The molecule has 0 bridgehead atoms. The van der Waals surface area contributed by atoms with Gasteiger partial charge < -0.3 is 20.1 Å². The van der Waals surface area contributed by atoms with E-state index in [1.165, 1.54) is 16.7 Å². The monoisotopic (exact) mass is 505 g/mol. The van der Waals surface area contributed by atoms with Gasteiger partial charge in [0.2, 0.25) is 10.0 Å². The minimum atomic E-state index is -3.81. The lowest BCUT2D eigenvalue weighted by Crippen LogP contribution is -2.32. The molecule has 5 rings (SSSR count). The zero-order valence-electron chi connectivity index (χ0n) is 18.1. The van der Waals surface area contributed by atoms with Gasteiger partial charge in [0.25, 0.3) is 5.56 Å². The molecule has 0 unspecified atom stereocenters. The van der Waals surface area contributed by atoms with Crippen molar-refractivity contribution in [2.75, 3.05) is 0 Å². The number of carbonyl (C=O) groups is 1. The molecule has 3 heterocycles. The summed E-state index contributed by atoms with van der Waals surface area (Å²) in [5, 5.41) is 10.2. The molecule has 1 saturated carbocycles. The van der Waals surface area contributed by atoms with Crippen LogP contribution in [-0.2, 0) is 27.8 Å². The van der Waals surface area contributed by atoms with Crippen molar-refractivity contribution in [3.8, 4) is 0 Å². The summed E-state index contributed by atoms with van der Waals surface area (Å²) in [5.74, 6) is -0.886. The predicted octanol–water partition coefficient (Wildman–Crippen LogP) is 2.91. The third kappa shape index (κ3) is 4.46. The number of benzene rings is 1. The molecular formula is C22H24ClN5O5S. The van der Waals surface area contributed by atoms with Gasteiger partial charge in [-0.05, 0) is 49.4 Å². The van der Waals surface area contributed by atoms with Crippen molar-refractivity contribution < 1.29 is 18.3 Å². The van der Waals surface area contributed by atoms with Crippen molar-refractivity contribution in [1.29, 1.82) is 0 Å². The Morgan fingerprint density at radius 3 is 2.71 bits per heavy atom. The second-order valence-corrected chi connectivity index (χ2v) is 10.2. The minimum absolute atomic E-state index is 0. The zero-order valence-corrected chi connectivity index (χ0v) is 19.7. The number of nitrogens with one attached hydrogen (secondary N) is 3. The number of pyridine rings is 1. The third-order valence-corrected chi connectivity index (χ3v) is 7.86. The quantitative estimate of drug-likeness (QED) is 0.274. The van der Waals surface area contributed by atoms with Crippen molar-refractivity contribution in [3.63, 3.8) is 0 Å². The van der Waals surface area contributed by atoms with Gasteiger partial charge in [-0.2, -0.15) is 4.31 Å². The average molecular weight is 506 g/mol. The van der Waals surface area contributed by atoms with Gasteiger partial charge in [0.05, 0.1) is 23.5 Å². The smallest absolute Gasteiger partial charge is 0.303 e. The number of carboxylic acids is 1. The molecule has 0 atom stereocenters. The number of aromatic nitrogens is 4. The van der Waals surface area contributed by atoms with Crippen LogP contribution in [0.1, 0.15) is 36.9 Å². The second-order valence-electron chi connectivity index (χ2n) is 8.31. The van der Waals surface area contributed by atoms with Crippen LogP contribution in [0.25, 0.3) is 21.8 Å². The molecule has 12 heteroatoms. The summed E-state index contributed by atoms with van der Waals surface area (Å²) in [6.07, 6.45) is 7.38. The summed E-state index contributed by atoms with van der Waals surface area (Å²) in [4.78, 5) is 36.4.